The molecule has 1 aliphatic heterocycles. The van der Waals surface area contributed by atoms with Crippen molar-refractivity contribution in [3.8, 4) is 22.3 Å². The lowest BCUT2D eigenvalue weighted by atomic mass is 9.73. The van der Waals surface area contributed by atoms with Gasteiger partial charge in [0.25, 0.3) is 0 Å². The van der Waals surface area contributed by atoms with E-state index in [0.717, 1.165) is 55.8 Å². The van der Waals surface area contributed by atoms with E-state index >= 15 is 0 Å². The number of halogens is 4. The van der Waals surface area contributed by atoms with Gasteiger partial charge >= 0.3 is 6.18 Å². The molecule has 4 aromatic rings. The minimum absolute atomic E-state index is 0.396. The molecule has 44 heavy (non-hydrogen) atoms. The Morgan fingerprint density at radius 3 is 2.25 bits per heavy atom. The van der Waals surface area contributed by atoms with Crippen LogP contribution in [0.4, 0.5) is 18.9 Å². The number of carbonyl (C=O) groups excluding carboxylic acids is 1. The average molecular weight is 618 g/mol. The first-order valence-corrected chi connectivity index (χ1v) is 15.5. The zero-order valence-corrected chi connectivity index (χ0v) is 25.2. The number of hydrogen-bond donors (Lipinski definition) is 1. The molecule has 0 spiro atoms. The molecule has 6 rings (SSSR count). The summed E-state index contributed by atoms with van der Waals surface area (Å²) in [7, 11) is 0. The Hall–Kier alpha value is -3.81. The summed E-state index contributed by atoms with van der Waals surface area (Å²) in [5, 5.41) is 2.66. The SMILES string of the molecule is O=C(NCC(F)(F)F)C1(CCCCN2CCN(c3cccc(-c4ccccc4)c3)CC2)c2ccccc2-c2ccc(Cl)cc21. The number of unbranched alkanes of at least 4 members (excludes halogenated alkanes) is 1. The highest BCUT2D eigenvalue weighted by Gasteiger charge is 2.49. The number of hydrogen-bond acceptors (Lipinski definition) is 3. The van der Waals surface area contributed by atoms with Crippen molar-refractivity contribution >= 4 is 23.2 Å². The van der Waals surface area contributed by atoms with Crippen LogP contribution in [0.1, 0.15) is 30.4 Å². The van der Waals surface area contributed by atoms with Gasteiger partial charge in [0, 0.05) is 36.9 Å². The third-order valence-corrected chi connectivity index (χ3v) is 9.16. The summed E-state index contributed by atoms with van der Waals surface area (Å²) in [4.78, 5) is 18.6. The van der Waals surface area contributed by atoms with Crippen molar-refractivity contribution in [1.82, 2.24) is 10.2 Å². The number of carbonyl (C=O) groups is 1. The molecule has 1 atom stereocenters. The van der Waals surface area contributed by atoms with E-state index in [9.17, 15) is 18.0 Å². The highest BCUT2D eigenvalue weighted by molar-refractivity contribution is 6.31. The van der Waals surface area contributed by atoms with Gasteiger partial charge in [-0.25, -0.2) is 0 Å². The maximum atomic E-state index is 13.8. The topological polar surface area (TPSA) is 35.6 Å². The molecular formula is C36H35ClF3N3O. The van der Waals surface area contributed by atoms with Crippen LogP contribution in [0.5, 0.6) is 0 Å². The van der Waals surface area contributed by atoms with E-state index in [4.69, 9.17) is 11.6 Å². The Morgan fingerprint density at radius 2 is 1.48 bits per heavy atom. The molecule has 1 N–H and O–H groups in total. The molecule has 2 aliphatic rings. The molecule has 0 bridgehead atoms. The number of alkyl halides is 3. The fourth-order valence-electron chi connectivity index (χ4n) is 6.77. The fraction of sp³-hybridized carbons (Fsp3) is 0.306. The van der Waals surface area contributed by atoms with E-state index in [2.05, 4.69) is 63.6 Å². The molecule has 8 heteroatoms. The van der Waals surface area contributed by atoms with Crippen LogP contribution in [0.15, 0.2) is 97.1 Å². The van der Waals surface area contributed by atoms with Crippen molar-refractivity contribution in [2.45, 2.75) is 30.9 Å². The molecule has 228 valence electrons. The van der Waals surface area contributed by atoms with Crippen molar-refractivity contribution in [2.75, 3.05) is 44.2 Å². The normalized spacial score (nSPS) is 18.1. The monoisotopic (exact) mass is 617 g/mol. The van der Waals surface area contributed by atoms with E-state index in [1.807, 2.05) is 36.4 Å². The standard InChI is InChI=1S/C36H35ClF3N3O/c37-28-15-16-31-30-13-4-5-14-32(30)35(33(31)24-28,34(44)41-25-36(38,39)40)17-6-7-18-42-19-21-43(22-20-42)29-12-8-11-27(23-29)26-9-2-1-3-10-26/h1-5,8-16,23-24H,6-7,17-22,25H2,(H,41,44). The Balaban J connectivity index is 1.12. The van der Waals surface area contributed by atoms with E-state index in [1.165, 1.54) is 16.8 Å². The molecule has 0 radical (unpaired) electrons. The molecule has 4 nitrogen and oxygen atoms in total. The number of fused-ring (bicyclic) bond motifs is 3. The number of benzene rings is 4. The highest BCUT2D eigenvalue weighted by Crippen LogP contribution is 2.52. The van der Waals surface area contributed by atoms with Crippen molar-refractivity contribution in [3.63, 3.8) is 0 Å². The predicted molar refractivity (Wildman–Crippen MR) is 171 cm³/mol. The van der Waals surface area contributed by atoms with Gasteiger partial charge in [0.15, 0.2) is 0 Å². The number of nitrogens with one attached hydrogen (secondary N) is 1. The van der Waals surface area contributed by atoms with E-state index in [0.29, 0.717) is 23.4 Å². The van der Waals surface area contributed by atoms with Crippen LogP contribution < -0.4 is 10.2 Å². The molecule has 1 fully saturated rings. The molecule has 1 unspecified atom stereocenters. The van der Waals surface area contributed by atoms with Crippen LogP contribution in [0.2, 0.25) is 5.02 Å². The van der Waals surface area contributed by atoms with Gasteiger partial charge in [-0.1, -0.05) is 90.8 Å². The Bertz CT molecular complexity index is 1620. The molecule has 0 aromatic heterocycles. The number of piperazine rings is 1. The summed E-state index contributed by atoms with van der Waals surface area (Å²) in [6.45, 7) is 3.18. The zero-order valence-electron chi connectivity index (χ0n) is 24.4. The second kappa shape index (κ2) is 12.7. The van der Waals surface area contributed by atoms with Gasteiger partial charge in [-0.15, -0.1) is 0 Å². The third-order valence-electron chi connectivity index (χ3n) is 8.92. The summed E-state index contributed by atoms with van der Waals surface area (Å²) >= 11 is 6.38. The average Bonchev–Trinajstić information content (AvgIpc) is 3.32. The number of anilines is 1. The summed E-state index contributed by atoms with van der Waals surface area (Å²) < 4.78 is 39.6. The fourth-order valence-corrected chi connectivity index (χ4v) is 6.94. The maximum absolute atomic E-state index is 13.8. The number of nitrogens with zero attached hydrogens (tertiary/aromatic N) is 2. The number of rotatable bonds is 9. The minimum Gasteiger partial charge on any atom is -0.369 e. The van der Waals surface area contributed by atoms with Crippen LogP contribution in [-0.4, -0.2) is 56.3 Å². The van der Waals surface area contributed by atoms with Gasteiger partial charge < -0.3 is 10.2 Å². The number of amides is 1. The van der Waals surface area contributed by atoms with Gasteiger partial charge in [0.2, 0.25) is 5.91 Å². The second-order valence-corrected chi connectivity index (χ2v) is 12.1. The van der Waals surface area contributed by atoms with Crippen molar-refractivity contribution in [3.05, 3.63) is 113 Å². The van der Waals surface area contributed by atoms with Crippen LogP contribution in [0, 0.1) is 0 Å². The first-order valence-electron chi connectivity index (χ1n) is 15.1. The lowest BCUT2D eigenvalue weighted by Crippen LogP contribution is -2.47. The van der Waals surface area contributed by atoms with Gasteiger partial charge in [-0.2, -0.15) is 13.2 Å². The van der Waals surface area contributed by atoms with Crippen LogP contribution in [0.3, 0.4) is 0 Å². The lowest BCUT2D eigenvalue weighted by Gasteiger charge is -2.36. The summed E-state index contributed by atoms with van der Waals surface area (Å²) in [6.07, 6.45) is -2.60. The Kier molecular flexibility index (Phi) is 8.70. The third kappa shape index (κ3) is 6.21. The predicted octanol–water partition coefficient (Wildman–Crippen LogP) is 7.94. The summed E-state index contributed by atoms with van der Waals surface area (Å²) in [6, 6.07) is 31.9. The first kappa shape index (κ1) is 30.2. The summed E-state index contributed by atoms with van der Waals surface area (Å²) in [5.41, 5.74) is 5.52. The molecule has 1 amide bonds. The Labute approximate surface area is 261 Å². The van der Waals surface area contributed by atoms with Crippen molar-refractivity contribution < 1.29 is 18.0 Å². The highest BCUT2D eigenvalue weighted by atomic mass is 35.5. The molecule has 1 aliphatic carbocycles. The maximum Gasteiger partial charge on any atom is 0.405 e. The largest absolute Gasteiger partial charge is 0.405 e. The van der Waals surface area contributed by atoms with Gasteiger partial charge in [-0.3, -0.25) is 9.69 Å². The summed E-state index contributed by atoms with van der Waals surface area (Å²) in [5.74, 6) is -0.630. The lowest BCUT2D eigenvalue weighted by molar-refractivity contribution is -0.141. The zero-order chi connectivity index (χ0) is 30.7. The quantitative estimate of drug-likeness (QED) is 0.194. The molecule has 1 saturated heterocycles. The van der Waals surface area contributed by atoms with Crippen LogP contribution >= 0.6 is 11.6 Å². The minimum atomic E-state index is -4.50. The smallest absolute Gasteiger partial charge is 0.369 e. The van der Waals surface area contributed by atoms with E-state index in [1.54, 1.807) is 12.1 Å². The van der Waals surface area contributed by atoms with Crippen molar-refractivity contribution in [1.29, 1.82) is 0 Å². The first-order chi connectivity index (χ1) is 21.2. The van der Waals surface area contributed by atoms with Crippen LogP contribution in [0.25, 0.3) is 22.3 Å². The van der Waals surface area contributed by atoms with E-state index in [-0.39, 0.29) is 0 Å². The second-order valence-electron chi connectivity index (χ2n) is 11.6. The van der Waals surface area contributed by atoms with Gasteiger partial charge in [0.1, 0.15) is 12.0 Å². The Morgan fingerprint density at radius 1 is 0.773 bits per heavy atom. The molecule has 1 heterocycles. The van der Waals surface area contributed by atoms with Gasteiger partial charge in [-0.05, 0) is 77.0 Å². The van der Waals surface area contributed by atoms with Crippen molar-refractivity contribution in [2.24, 2.45) is 0 Å². The van der Waals surface area contributed by atoms with Gasteiger partial charge in [0.05, 0.1) is 0 Å². The molecule has 0 saturated carbocycles. The molecule has 4 aromatic carbocycles. The van der Waals surface area contributed by atoms with E-state index < -0.39 is 24.0 Å². The molecular weight excluding hydrogens is 583 g/mol. The van der Waals surface area contributed by atoms with Crippen LogP contribution in [-0.2, 0) is 10.2 Å².